The lowest BCUT2D eigenvalue weighted by Gasteiger charge is -2.10. The Kier molecular flexibility index (Phi) is 4.82. The summed E-state index contributed by atoms with van der Waals surface area (Å²) in [5.41, 5.74) is 0. The Hall–Kier alpha value is -1.07. The second kappa shape index (κ2) is 6.39. The van der Waals surface area contributed by atoms with Gasteiger partial charge in [-0.1, -0.05) is 44.0 Å². The molecule has 0 aliphatic carbocycles. The molecule has 0 aliphatic rings. The van der Waals surface area contributed by atoms with Gasteiger partial charge in [0.15, 0.2) is 0 Å². The van der Waals surface area contributed by atoms with Gasteiger partial charge in [-0.05, 0) is 35.0 Å². The number of hydrogen-bond acceptors (Lipinski definition) is 3. The molecule has 0 aromatic heterocycles. The van der Waals surface area contributed by atoms with Crippen molar-refractivity contribution >= 4 is 48.6 Å². The quantitative estimate of drug-likeness (QED) is 0.589. The highest BCUT2D eigenvalue weighted by molar-refractivity contribution is 9.10. The number of alkyl halides is 1. The van der Waals surface area contributed by atoms with Crippen LogP contribution in [0.15, 0.2) is 40.9 Å². The van der Waals surface area contributed by atoms with E-state index in [0.717, 1.165) is 21.0 Å². The maximum atomic E-state index is 11.2. The minimum absolute atomic E-state index is 0.231. The van der Waals surface area contributed by atoms with E-state index >= 15 is 0 Å². The first-order chi connectivity index (χ1) is 9.10. The first-order valence-electron chi connectivity index (χ1n) is 5.64. The van der Waals surface area contributed by atoms with Gasteiger partial charge in [0.2, 0.25) is 0 Å². The van der Waals surface area contributed by atoms with Crippen molar-refractivity contribution in [2.24, 2.45) is 0 Å². The number of methoxy groups -OCH3 is 1. The van der Waals surface area contributed by atoms with E-state index in [-0.39, 0.29) is 12.6 Å². The van der Waals surface area contributed by atoms with Gasteiger partial charge in [-0.3, -0.25) is 4.79 Å². The molecule has 2 aromatic rings. The second-order valence-corrected chi connectivity index (χ2v) is 5.98. The molecule has 2 aromatic carbocycles. The van der Waals surface area contributed by atoms with Crippen molar-refractivity contribution in [3.05, 3.63) is 40.9 Å². The fourth-order valence-corrected chi connectivity index (χ4v) is 2.35. The Bertz CT molecular complexity index is 598. The third kappa shape index (κ3) is 3.70. The van der Waals surface area contributed by atoms with E-state index in [0.29, 0.717) is 0 Å². The van der Waals surface area contributed by atoms with Crippen LogP contribution in [0.1, 0.15) is 0 Å². The Morgan fingerprint density at radius 2 is 1.89 bits per heavy atom. The zero-order chi connectivity index (χ0) is 13.8. The Balaban J connectivity index is 2.09. The van der Waals surface area contributed by atoms with Crippen molar-refractivity contribution in [1.29, 1.82) is 0 Å². The molecule has 0 saturated carbocycles. The number of carbonyl (C=O) groups excluding carboxylic acids is 1. The molecule has 2 rings (SSSR count). The van der Waals surface area contributed by atoms with Gasteiger partial charge < -0.3 is 9.47 Å². The molecule has 19 heavy (non-hydrogen) atoms. The molecular weight excluding hydrogens is 376 g/mol. The summed E-state index contributed by atoms with van der Waals surface area (Å²) in [6.07, 6.45) is 0. The Morgan fingerprint density at radius 3 is 2.63 bits per heavy atom. The molecule has 0 amide bonds. The fourth-order valence-electron chi connectivity index (χ4n) is 1.65. The summed E-state index contributed by atoms with van der Waals surface area (Å²) in [6, 6.07) is 11.8. The molecule has 0 radical (unpaired) electrons. The predicted molar refractivity (Wildman–Crippen MR) is 81.9 cm³/mol. The number of halogens is 2. The standard InChI is InChI=1S/C14H12Br2O3/c1-18-14(17)13(16)8-19-12-5-3-9-6-11(15)4-2-10(9)7-12/h2-7,13H,8H2,1H3. The van der Waals surface area contributed by atoms with Crippen molar-refractivity contribution in [3.63, 3.8) is 0 Å². The number of ether oxygens (including phenoxy) is 2. The largest absolute Gasteiger partial charge is 0.492 e. The normalized spacial score (nSPS) is 12.2. The van der Waals surface area contributed by atoms with Crippen molar-refractivity contribution in [3.8, 4) is 5.75 Å². The molecule has 0 fully saturated rings. The summed E-state index contributed by atoms with van der Waals surface area (Å²) in [5.74, 6) is 0.382. The highest BCUT2D eigenvalue weighted by Gasteiger charge is 2.15. The van der Waals surface area contributed by atoms with Gasteiger partial charge in [-0.2, -0.15) is 0 Å². The van der Waals surface area contributed by atoms with Gasteiger partial charge in [0.05, 0.1) is 7.11 Å². The number of benzene rings is 2. The fraction of sp³-hybridized carbons (Fsp3) is 0.214. The molecule has 0 N–H and O–H groups in total. The van der Waals surface area contributed by atoms with Crippen molar-refractivity contribution < 1.29 is 14.3 Å². The first kappa shape index (κ1) is 14.3. The van der Waals surface area contributed by atoms with Crippen LogP contribution in [-0.4, -0.2) is 24.5 Å². The summed E-state index contributed by atoms with van der Waals surface area (Å²) >= 11 is 6.65. The summed E-state index contributed by atoms with van der Waals surface area (Å²) < 4.78 is 11.2. The van der Waals surface area contributed by atoms with E-state index < -0.39 is 4.83 Å². The van der Waals surface area contributed by atoms with Crippen LogP contribution in [0.3, 0.4) is 0 Å². The van der Waals surface area contributed by atoms with Crippen LogP contribution in [0.4, 0.5) is 0 Å². The van der Waals surface area contributed by atoms with Crippen LogP contribution < -0.4 is 4.74 Å². The average Bonchev–Trinajstić information content (AvgIpc) is 2.43. The molecule has 3 nitrogen and oxygen atoms in total. The number of esters is 1. The van der Waals surface area contributed by atoms with Crippen LogP contribution in [0.2, 0.25) is 0 Å². The van der Waals surface area contributed by atoms with E-state index in [4.69, 9.17) is 4.74 Å². The zero-order valence-corrected chi connectivity index (χ0v) is 13.4. The minimum atomic E-state index is -0.460. The summed E-state index contributed by atoms with van der Waals surface area (Å²) in [5, 5.41) is 2.22. The van der Waals surface area contributed by atoms with Gasteiger partial charge in [0, 0.05) is 4.47 Å². The minimum Gasteiger partial charge on any atom is -0.492 e. The van der Waals surface area contributed by atoms with Gasteiger partial charge in [-0.15, -0.1) is 0 Å². The van der Waals surface area contributed by atoms with Crippen LogP contribution >= 0.6 is 31.9 Å². The lowest BCUT2D eigenvalue weighted by molar-refractivity contribution is -0.140. The van der Waals surface area contributed by atoms with E-state index in [9.17, 15) is 4.79 Å². The van der Waals surface area contributed by atoms with Gasteiger partial charge in [-0.25, -0.2) is 0 Å². The smallest absolute Gasteiger partial charge is 0.322 e. The van der Waals surface area contributed by atoms with Crippen LogP contribution in [0.5, 0.6) is 5.75 Å². The third-order valence-corrected chi connectivity index (χ3v) is 3.76. The molecule has 5 heteroatoms. The summed E-state index contributed by atoms with van der Waals surface area (Å²) in [4.78, 5) is 10.8. The number of rotatable bonds is 4. The third-order valence-electron chi connectivity index (χ3n) is 2.63. The molecule has 100 valence electrons. The number of hydrogen-bond donors (Lipinski definition) is 0. The molecule has 0 heterocycles. The monoisotopic (exact) mass is 386 g/mol. The average molecular weight is 388 g/mol. The van der Waals surface area contributed by atoms with E-state index in [1.165, 1.54) is 7.11 Å². The van der Waals surface area contributed by atoms with E-state index in [2.05, 4.69) is 36.6 Å². The maximum Gasteiger partial charge on any atom is 0.322 e. The van der Waals surface area contributed by atoms with Gasteiger partial charge in [0.1, 0.15) is 17.2 Å². The predicted octanol–water partition coefficient (Wildman–Crippen LogP) is 3.92. The highest BCUT2D eigenvalue weighted by atomic mass is 79.9. The van der Waals surface area contributed by atoms with Crippen molar-refractivity contribution in [2.75, 3.05) is 13.7 Å². The zero-order valence-electron chi connectivity index (χ0n) is 10.2. The SMILES string of the molecule is COC(=O)C(Br)COc1ccc2cc(Br)ccc2c1. The molecule has 1 atom stereocenters. The Morgan fingerprint density at radius 1 is 1.21 bits per heavy atom. The molecule has 0 saturated heterocycles. The topological polar surface area (TPSA) is 35.5 Å². The lowest BCUT2D eigenvalue weighted by Crippen LogP contribution is -2.22. The van der Waals surface area contributed by atoms with E-state index in [1.54, 1.807) is 0 Å². The van der Waals surface area contributed by atoms with E-state index in [1.807, 2.05) is 36.4 Å². The van der Waals surface area contributed by atoms with Crippen molar-refractivity contribution in [1.82, 2.24) is 0 Å². The summed E-state index contributed by atoms with van der Waals surface area (Å²) in [7, 11) is 1.35. The summed E-state index contributed by atoms with van der Waals surface area (Å²) in [6.45, 7) is 0.231. The highest BCUT2D eigenvalue weighted by Crippen LogP contribution is 2.24. The maximum absolute atomic E-state index is 11.2. The van der Waals surface area contributed by atoms with Gasteiger partial charge >= 0.3 is 5.97 Å². The molecule has 0 aliphatic heterocycles. The molecular formula is C14H12Br2O3. The Labute approximate surface area is 128 Å². The van der Waals surface area contributed by atoms with Crippen molar-refractivity contribution in [2.45, 2.75) is 4.83 Å². The molecule has 0 bridgehead atoms. The van der Waals surface area contributed by atoms with Gasteiger partial charge in [0.25, 0.3) is 0 Å². The van der Waals surface area contributed by atoms with Crippen LogP contribution in [0.25, 0.3) is 10.8 Å². The van der Waals surface area contributed by atoms with Crippen LogP contribution in [-0.2, 0) is 9.53 Å². The number of carbonyl (C=O) groups is 1. The van der Waals surface area contributed by atoms with Crippen LogP contribution in [0, 0.1) is 0 Å². The first-order valence-corrected chi connectivity index (χ1v) is 7.35. The lowest BCUT2D eigenvalue weighted by atomic mass is 10.1. The molecule has 1 unspecified atom stereocenters. The number of fused-ring (bicyclic) bond motifs is 1. The molecule has 0 spiro atoms. The second-order valence-electron chi connectivity index (χ2n) is 3.95.